The van der Waals surface area contributed by atoms with Gasteiger partial charge in [0.2, 0.25) is 0 Å². The van der Waals surface area contributed by atoms with E-state index in [0.717, 1.165) is 5.69 Å². The van der Waals surface area contributed by atoms with E-state index in [4.69, 9.17) is 0 Å². The Hall–Kier alpha value is -2.29. The average Bonchev–Trinajstić information content (AvgIpc) is 2.48. The minimum atomic E-state index is -0.170. The Balaban J connectivity index is 1.82. The maximum atomic E-state index is 11.8. The van der Waals surface area contributed by atoms with Gasteiger partial charge in [0.1, 0.15) is 0 Å². The highest BCUT2D eigenvalue weighted by Gasteiger charge is 2.07. The molecule has 0 aliphatic heterocycles. The van der Waals surface area contributed by atoms with E-state index in [2.05, 4.69) is 29.7 Å². The molecule has 2 aromatic carbocycles. The summed E-state index contributed by atoms with van der Waals surface area (Å²) >= 11 is 0. The number of anilines is 1. The van der Waals surface area contributed by atoms with Crippen LogP contribution in [0.4, 0.5) is 10.5 Å². The van der Waals surface area contributed by atoms with Crippen LogP contribution in [0.3, 0.4) is 0 Å². The summed E-state index contributed by atoms with van der Waals surface area (Å²) in [6.45, 7) is 4.73. The zero-order chi connectivity index (χ0) is 14.4. The molecule has 0 unspecified atom stereocenters. The van der Waals surface area contributed by atoms with Gasteiger partial charge in [-0.15, -0.1) is 0 Å². The largest absolute Gasteiger partial charge is 0.337 e. The van der Waals surface area contributed by atoms with E-state index in [1.165, 1.54) is 11.1 Å². The van der Waals surface area contributed by atoms with Crippen molar-refractivity contribution in [1.82, 2.24) is 5.32 Å². The molecule has 0 aliphatic carbocycles. The number of nitrogens with one attached hydrogen (secondary N) is 2. The van der Waals surface area contributed by atoms with Gasteiger partial charge in [-0.05, 0) is 30.5 Å². The van der Waals surface area contributed by atoms with Crippen LogP contribution in [0.2, 0.25) is 0 Å². The van der Waals surface area contributed by atoms with Crippen molar-refractivity contribution in [2.24, 2.45) is 0 Å². The first-order valence-corrected chi connectivity index (χ1v) is 6.81. The van der Waals surface area contributed by atoms with E-state index in [-0.39, 0.29) is 6.03 Å². The van der Waals surface area contributed by atoms with Crippen molar-refractivity contribution in [1.29, 1.82) is 0 Å². The molecular formula is C17H20N2O. The van der Waals surface area contributed by atoms with E-state index < -0.39 is 0 Å². The summed E-state index contributed by atoms with van der Waals surface area (Å²) < 4.78 is 0. The molecule has 0 saturated heterocycles. The fourth-order valence-electron chi connectivity index (χ4n) is 1.96. The van der Waals surface area contributed by atoms with Gasteiger partial charge in [0.25, 0.3) is 0 Å². The number of carbonyl (C=O) groups excluding carboxylic acids is 1. The summed E-state index contributed by atoms with van der Waals surface area (Å²) in [6.07, 6.45) is 0. The van der Waals surface area contributed by atoms with Gasteiger partial charge in [-0.3, -0.25) is 0 Å². The third kappa shape index (κ3) is 4.12. The molecule has 0 aromatic heterocycles. The number of hydrogen-bond acceptors (Lipinski definition) is 1. The Bertz CT molecular complexity index is 549. The minimum absolute atomic E-state index is 0.170. The summed E-state index contributed by atoms with van der Waals surface area (Å²) in [5.74, 6) is 0.292. The van der Waals surface area contributed by atoms with Gasteiger partial charge in [0.15, 0.2) is 0 Å². The molecule has 0 bridgehead atoms. The van der Waals surface area contributed by atoms with Gasteiger partial charge in [-0.2, -0.15) is 0 Å². The van der Waals surface area contributed by atoms with Crippen molar-refractivity contribution in [3.8, 4) is 0 Å². The molecule has 2 aromatic rings. The van der Waals surface area contributed by atoms with Gasteiger partial charge < -0.3 is 10.6 Å². The van der Waals surface area contributed by atoms with Crippen LogP contribution in [0.15, 0.2) is 54.6 Å². The molecule has 0 aliphatic rings. The average molecular weight is 268 g/mol. The smallest absolute Gasteiger partial charge is 0.319 e. The summed E-state index contributed by atoms with van der Waals surface area (Å²) in [5.41, 5.74) is 3.21. The molecule has 0 spiro atoms. The molecule has 0 fully saturated rings. The number of carbonyl (C=O) groups is 1. The van der Waals surface area contributed by atoms with Crippen LogP contribution in [0.25, 0.3) is 0 Å². The quantitative estimate of drug-likeness (QED) is 0.867. The van der Waals surface area contributed by atoms with Crippen LogP contribution in [0.1, 0.15) is 24.0 Å². The van der Waals surface area contributed by atoms with Crippen molar-refractivity contribution in [3.63, 3.8) is 0 Å². The SMILES string of the molecule is Cc1ccc(NC(=O)NC[C@H](C)c2ccccc2)cc1. The fraction of sp³-hybridized carbons (Fsp3) is 0.235. The van der Waals surface area contributed by atoms with E-state index in [1.807, 2.05) is 49.4 Å². The maximum absolute atomic E-state index is 11.8. The fourth-order valence-corrected chi connectivity index (χ4v) is 1.96. The van der Waals surface area contributed by atoms with Gasteiger partial charge >= 0.3 is 6.03 Å². The first kappa shape index (κ1) is 14.1. The highest BCUT2D eigenvalue weighted by Crippen LogP contribution is 2.13. The number of amides is 2. The Labute approximate surface area is 120 Å². The molecule has 3 nitrogen and oxygen atoms in total. The first-order chi connectivity index (χ1) is 9.65. The van der Waals surface area contributed by atoms with Gasteiger partial charge in [-0.1, -0.05) is 55.0 Å². The number of hydrogen-bond donors (Lipinski definition) is 2. The number of urea groups is 1. The molecule has 2 rings (SSSR count). The molecule has 3 heteroatoms. The van der Waals surface area contributed by atoms with Crippen molar-refractivity contribution in [2.75, 3.05) is 11.9 Å². The second kappa shape index (κ2) is 6.75. The lowest BCUT2D eigenvalue weighted by molar-refractivity contribution is 0.251. The second-order valence-corrected chi connectivity index (χ2v) is 5.01. The van der Waals surface area contributed by atoms with Crippen LogP contribution >= 0.6 is 0 Å². The predicted octanol–water partition coefficient (Wildman–Crippen LogP) is 3.92. The van der Waals surface area contributed by atoms with Crippen LogP contribution in [-0.4, -0.2) is 12.6 Å². The van der Waals surface area contributed by atoms with Crippen molar-refractivity contribution in [2.45, 2.75) is 19.8 Å². The zero-order valence-electron chi connectivity index (χ0n) is 11.9. The van der Waals surface area contributed by atoms with Gasteiger partial charge in [-0.25, -0.2) is 4.79 Å². The van der Waals surface area contributed by atoms with E-state index in [9.17, 15) is 4.79 Å². The Morgan fingerprint density at radius 1 is 1.05 bits per heavy atom. The molecule has 2 amide bonds. The standard InChI is InChI=1S/C17H20N2O/c1-13-8-10-16(11-9-13)19-17(20)18-12-14(2)15-6-4-3-5-7-15/h3-11,14H,12H2,1-2H3,(H2,18,19,20)/t14-/m0/s1. The third-order valence-corrected chi connectivity index (χ3v) is 3.25. The molecule has 20 heavy (non-hydrogen) atoms. The van der Waals surface area contributed by atoms with Crippen LogP contribution in [0.5, 0.6) is 0 Å². The Morgan fingerprint density at radius 2 is 1.70 bits per heavy atom. The lowest BCUT2D eigenvalue weighted by atomic mass is 10.0. The number of aryl methyl sites for hydroxylation is 1. The van der Waals surface area contributed by atoms with Gasteiger partial charge in [0, 0.05) is 12.2 Å². The lowest BCUT2D eigenvalue weighted by Gasteiger charge is -2.13. The molecule has 104 valence electrons. The molecule has 2 N–H and O–H groups in total. The third-order valence-electron chi connectivity index (χ3n) is 3.25. The summed E-state index contributed by atoms with van der Waals surface area (Å²) in [6, 6.07) is 17.7. The number of rotatable bonds is 4. The number of benzene rings is 2. The van der Waals surface area contributed by atoms with E-state index in [1.54, 1.807) is 0 Å². The molecule has 0 radical (unpaired) electrons. The topological polar surface area (TPSA) is 41.1 Å². The van der Waals surface area contributed by atoms with Gasteiger partial charge in [0.05, 0.1) is 0 Å². The summed E-state index contributed by atoms with van der Waals surface area (Å²) in [5, 5.41) is 5.72. The highest BCUT2D eigenvalue weighted by atomic mass is 16.2. The Morgan fingerprint density at radius 3 is 2.35 bits per heavy atom. The Kier molecular flexibility index (Phi) is 4.77. The molecule has 0 heterocycles. The predicted molar refractivity (Wildman–Crippen MR) is 83.1 cm³/mol. The normalized spacial score (nSPS) is 11.7. The van der Waals surface area contributed by atoms with E-state index >= 15 is 0 Å². The molecule has 1 atom stereocenters. The van der Waals surface area contributed by atoms with Crippen molar-refractivity contribution >= 4 is 11.7 Å². The highest BCUT2D eigenvalue weighted by molar-refractivity contribution is 5.89. The second-order valence-electron chi connectivity index (χ2n) is 5.01. The van der Waals surface area contributed by atoms with E-state index in [0.29, 0.717) is 12.5 Å². The van der Waals surface area contributed by atoms with Crippen molar-refractivity contribution < 1.29 is 4.79 Å². The molecular weight excluding hydrogens is 248 g/mol. The zero-order valence-corrected chi connectivity index (χ0v) is 11.9. The van der Waals surface area contributed by atoms with Crippen LogP contribution in [0, 0.1) is 6.92 Å². The van der Waals surface area contributed by atoms with Crippen molar-refractivity contribution in [3.05, 3.63) is 65.7 Å². The lowest BCUT2D eigenvalue weighted by Crippen LogP contribution is -2.31. The minimum Gasteiger partial charge on any atom is -0.337 e. The summed E-state index contributed by atoms with van der Waals surface area (Å²) in [7, 11) is 0. The molecule has 0 saturated carbocycles. The monoisotopic (exact) mass is 268 g/mol. The summed E-state index contributed by atoms with van der Waals surface area (Å²) in [4.78, 5) is 11.8. The maximum Gasteiger partial charge on any atom is 0.319 e. The van der Waals surface area contributed by atoms with Crippen LogP contribution < -0.4 is 10.6 Å². The first-order valence-electron chi connectivity index (χ1n) is 6.81. The van der Waals surface area contributed by atoms with Crippen LogP contribution in [-0.2, 0) is 0 Å².